The molecule has 1 saturated heterocycles. The number of piperidine rings is 1. The third-order valence-electron chi connectivity index (χ3n) is 3.99. The molecule has 5 nitrogen and oxygen atoms in total. The van der Waals surface area contributed by atoms with Crippen molar-refractivity contribution in [1.29, 1.82) is 0 Å². The van der Waals surface area contributed by atoms with E-state index in [2.05, 4.69) is 22.1 Å². The molecule has 0 radical (unpaired) electrons. The van der Waals surface area contributed by atoms with Crippen LogP contribution in [0.3, 0.4) is 0 Å². The molecule has 3 rings (SSSR count). The third-order valence-corrected chi connectivity index (χ3v) is 3.99. The van der Waals surface area contributed by atoms with Gasteiger partial charge in [0.25, 0.3) is 0 Å². The smallest absolute Gasteiger partial charge is 0.166 e. The standard InChI is InChI=1S/C14H18N4O/c1-17-8-3-2-5-11(17)9-14-16-15-13-7-4-6-12(10-19)18(13)14/h4,6-7,10-11H,2-3,5,8-9H2,1H3. The Hall–Kier alpha value is -1.75. The van der Waals surface area contributed by atoms with Crippen LogP contribution in [0.4, 0.5) is 0 Å². The van der Waals surface area contributed by atoms with E-state index in [-0.39, 0.29) is 0 Å². The summed E-state index contributed by atoms with van der Waals surface area (Å²) in [4.78, 5) is 13.5. The van der Waals surface area contributed by atoms with Crippen LogP contribution in [-0.2, 0) is 6.42 Å². The van der Waals surface area contributed by atoms with Gasteiger partial charge in [-0.3, -0.25) is 9.20 Å². The molecular weight excluding hydrogens is 240 g/mol. The van der Waals surface area contributed by atoms with Gasteiger partial charge in [-0.2, -0.15) is 0 Å². The summed E-state index contributed by atoms with van der Waals surface area (Å²) in [5, 5.41) is 8.41. The number of carbonyl (C=O) groups is 1. The minimum atomic E-state index is 0.501. The maximum absolute atomic E-state index is 11.1. The summed E-state index contributed by atoms with van der Waals surface area (Å²) in [5.74, 6) is 0.886. The molecule has 0 saturated carbocycles. The molecule has 5 heteroatoms. The first-order valence-corrected chi connectivity index (χ1v) is 6.78. The van der Waals surface area contributed by atoms with Crippen molar-refractivity contribution in [2.45, 2.75) is 31.7 Å². The van der Waals surface area contributed by atoms with Crippen molar-refractivity contribution >= 4 is 11.9 Å². The molecule has 19 heavy (non-hydrogen) atoms. The van der Waals surface area contributed by atoms with Gasteiger partial charge in [-0.15, -0.1) is 10.2 Å². The van der Waals surface area contributed by atoms with Crippen LogP contribution in [-0.4, -0.2) is 45.4 Å². The quantitative estimate of drug-likeness (QED) is 0.784. The summed E-state index contributed by atoms with van der Waals surface area (Å²) in [5.41, 5.74) is 1.37. The second-order valence-corrected chi connectivity index (χ2v) is 5.21. The van der Waals surface area contributed by atoms with Gasteiger partial charge in [0.2, 0.25) is 0 Å². The van der Waals surface area contributed by atoms with Crippen LogP contribution in [0.5, 0.6) is 0 Å². The first kappa shape index (κ1) is 12.3. The van der Waals surface area contributed by atoms with E-state index in [1.807, 2.05) is 16.5 Å². The highest BCUT2D eigenvalue weighted by Gasteiger charge is 2.21. The third kappa shape index (κ3) is 2.26. The van der Waals surface area contributed by atoms with Crippen LogP contribution < -0.4 is 0 Å². The van der Waals surface area contributed by atoms with Crippen LogP contribution in [0.25, 0.3) is 5.65 Å². The fourth-order valence-electron chi connectivity index (χ4n) is 2.86. The maximum Gasteiger partial charge on any atom is 0.166 e. The van der Waals surface area contributed by atoms with Gasteiger partial charge in [0, 0.05) is 12.5 Å². The van der Waals surface area contributed by atoms with Crippen LogP contribution in [0.15, 0.2) is 18.2 Å². The highest BCUT2D eigenvalue weighted by atomic mass is 16.1. The summed E-state index contributed by atoms with van der Waals surface area (Å²) in [6.07, 6.45) is 5.45. The zero-order chi connectivity index (χ0) is 13.2. The highest BCUT2D eigenvalue weighted by molar-refractivity contribution is 5.73. The summed E-state index contributed by atoms with van der Waals surface area (Å²) in [7, 11) is 2.16. The Morgan fingerprint density at radius 1 is 1.37 bits per heavy atom. The van der Waals surface area contributed by atoms with Gasteiger partial charge >= 0.3 is 0 Å². The van der Waals surface area contributed by atoms with E-state index >= 15 is 0 Å². The maximum atomic E-state index is 11.1. The molecule has 1 atom stereocenters. The lowest BCUT2D eigenvalue weighted by atomic mass is 10.00. The molecule has 100 valence electrons. The Balaban J connectivity index is 1.94. The molecule has 2 aromatic heterocycles. The van der Waals surface area contributed by atoms with Crippen molar-refractivity contribution in [2.24, 2.45) is 0 Å². The summed E-state index contributed by atoms with van der Waals surface area (Å²) >= 11 is 0. The van der Waals surface area contributed by atoms with E-state index in [0.29, 0.717) is 11.7 Å². The molecular formula is C14H18N4O. The SMILES string of the molecule is CN1CCCCC1Cc1nnc2cccc(C=O)n12. The average Bonchev–Trinajstić information content (AvgIpc) is 2.85. The number of pyridine rings is 1. The number of fused-ring (bicyclic) bond motifs is 1. The zero-order valence-electron chi connectivity index (χ0n) is 11.1. The number of likely N-dealkylation sites (N-methyl/N-ethyl adjacent to an activating group) is 1. The van der Waals surface area contributed by atoms with Crippen molar-refractivity contribution in [3.63, 3.8) is 0 Å². The van der Waals surface area contributed by atoms with E-state index in [9.17, 15) is 4.79 Å². The molecule has 3 heterocycles. The van der Waals surface area contributed by atoms with E-state index < -0.39 is 0 Å². The summed E-state index contributed by atoms with van der Waals surface area (Å²) < 4.78 is 1.87. The van der Waals surface area contributed by atoms with E-state index in [1.54, 1.807) is 6.07 Å². The molecule has 0 N–H and O–H groups in total. The normalized spacial score (nSPS) is 20.8. The zero-order valence-corrected chi connectivity index (χ0v) is 11.1. The molecule has 0 spiro atoms. The van der Waals surface area contributed by atoms with Crippen molar-refractivity contribution in [3.8, 4) is 0 Å². The highest BCUT2D eigenvalue weighted by Crippen LogP contribution is 2.19. The topological polar surface area (TPSA) is 50.5 Å². The number of hydrogen-bond acceptors (Lipinski definition) is 4. The van der Waals surface area contributed by atoms with Gasteiger partial charge in [0.05, 0.1) is 5.69 Å². The molecule has 0 bridgehead atoms. The van der Waals surface area contributed by atoms with Crippen molar-refractivity contribution in [1.82, 2.24) is 19.5 Å². The van der Waals surface area contributed by atoms with Crippen LogP contribution in [0.2, 0.25) is 0 Å². The number of nitrogens with zero attached hydrogens (tertiary/aromatic N) is 4. The van der Waals surface area contributed by atoms with Crippen molar-refractivity contribution < 1.29 is 4.79 Å². The molecule has 1 aliphatic heterocycles. The molecule has 0 amide bonds. The van der Waals surface area contributed by atoms with E-state index in [1.165, 1.54) is 19.3 Å². The lowest BCUT2D eigenvalue weighted by Gasteiger charge is -2.31. The van der Waals surface area contributed by atoms with Crippen LogP contribution in [0.1, 0.15) is 35.6 Å². The predicted octanol–water partition coefficient (Wildman–Crippen LogP) is 1.57. The minimum Gasteiger partial charge on any atom is -0.303 e. The Bertz CT molecular complexity index is 592. The molecule has 1 fully saturated rings. The number of aldehydes is 1. The fraction of sp³-hybridized carbons (Fsp3) is 0.500. The summed E-state index contributed by atoms with van der Waals surface area (Å²) in [6.45, 7) is 1.14. The summed E-state index contributed by atoms with van der Waals surface area (Å²) in [6, 6.07) is 6.02. The van der Waals surface area contributed by atoms with Crippen LogP contribution in [0, 0.1) is 0 Å². The number of hydrogen-bond donors (Lipinski definition) is 0. The van der Waals surface area contributed by atoms with Gasteiger partial charge in [-0.05, 0) is 38.6 Å². The lowest BCUT2D eigenvalue weighted by Crippen LogP contribution is -2.38. The predicted molar refractivity (Wildman–Crippen MR) is 72.3 cm³/mol. The number of likely N-dealkylation sites (tertiary alicyclic amines) is 1. The Morgan fingerprint density at radius 2 is 2.26 bits per heavy atom. The molecule has 0 aliphatic carbocycles. The van der Waals surface area contributed by atoms with Gasteiger partial charge < -0.3 is 4.90 Å². The first-order chi connectivity index (χ1) is 9.29. The lowest BCUT2D eigenvalue weighted by molar-refractivity contribution is 0.111. The van der Waals surface area contributed by atoms with Gasteiger partial charge in [-0.25, -0.2) is 0 Å². The molecule has 1 aliphatic rings. The van der Waals surface area contributed by atoms with E-state index in [4.69, 9.17) is 0 Å². The second kappa shape index (κ2) is 5.09. The number of carbonyl (C=O) groups excluding carboxylic acids is 1. The Morgan fingerprint density at radius 3 is 3.05 bits per heavy atom. The van der Waals surface area contributed by atoms with E-state index in [0.717, 1.165) is 30.7 Å². The monoisotopic (exact) mass is 258 g/mol. The van der Waals surface area contributed by atoms with Gasteiger partial charge in [-0.1, -0.05) is 12.5 Å². The average molecular weight is 258 g/mol. The number of rotatable bonds is 3. The first-order valence-electron chi connectivity index (χ1n) is 6.78. The van der Waals surface area contributed by atoms with Crippen molar-refractivity contribution in [3.05, 3.63) is 29.7 Å². The van der Waals surface area contributed by atoms with Crippen molar-refractivity contribution in [2.75, 3.05) is 13.6 Å². The molecule has 2 aromatic rings. The molecule has 0 aromatic carbocycles. The fourth-order valence-corrected chi connectivity index (χ4v) is 2.86. The Kier molecular flexibility index (Phi) is 3.29. The molecule has 1 unspecified atom stereocenters. The van der Waals surface area contributed by atoms with Gasteiger partial charge in [0.15, 0.2) is 11.9 Å². The Labute approximate surface area is 112 Å². The number of aromatic nitrogens is 3. The van der Waals surface area contributed by atoms with Gasteiger partial charge in [0.1, 0.15) is 5.82 Å². The largest absolute Gasteiger partial charge is 0.303 e. The minimum absolute atomic E-state index is 0.501. The second-order valence-electron chi connectivity index (χ2n) is 5.21. The van der Waals surface area contributed by atoms with Crippen LogP contribution >= 0.6 is 0 Å².